The van der Waals surface area contributed by atoms with Crippen LogP contribution in [-0.4, -0.2) is 18.1 Å². The van der Waals surface area contributed by atoms with Gasteiger partial charge in [0, 0.05) is 24.5 Å². The van der Waals surface area contributed by atoms with Crippen LogP contribution in [0, 0.1) is 0 Å². The molecule has 2 unspecified atom stereocenters. The molecule has 1 rings (SSSR count). The van der Waals surface area contributed by atoms with Crippen molar-refractivity contribution in [3.63, 3.8) is 0 Å². The SMILES string of the molecule is CCCC(C)N(C)c1nc(C(C)N)cs1. The fraction of sp³-hybridized carbons (Fsp3) is 0.727. The van der Waals surface area contributed by atoms with E-state index in [1.807, 2.05) is 6.92 Å². The molecule has 1 heterocycles. The third-order valence-electron chi connectivity index (χ3n) is 2.65. The summed E-state index contributed by atoms with van der Waals surface area (Å²) in [5.41, 5.74) is 6.78. The lowest BCUT2D eigenvalue weighted by Gasteiger charge is -2.23. The molecule has 0 aromatic carbocycles. The van der Waals surface area contributed by atoms with E-state index in [-0.39, 0.29) is 6.04 Å². The second kappa shape index (κ2) is 5.47. The molecule has 0 saturated heterocycles. The third-order valence-corrected chi connectivity index (χ3v) is 3.60. The van der Waals surface area contributed by atoms with Crippen LogP contribution in [0.1, 0.15) is 45.3 Å². The van der Waals surface area contributed by atoms with E-state index in [1.54, 1.807) is 11.3 Å². The molecule has 0 saturated carbocycles. The van der Waals surface area contributed by atoms with E-state index in [0.717, 1.165) is 10.8 Å². The molecule has 2 N–H and O–H groups in total. The van der Waals surface area contributed by atoms with E-state index >= 15 is 0 Å². The van der Waals surface area contributed by atoms with Crippen LogP contribution in [0.3, 0.4) is 0 Å². The minimum Gasteiger partial charge on any atom is -0.348 e. The van der Waals surface area contributed by atoms with Gasteiger partial charge in [0.2, 0.25) is 0 Å². The molecule has 1 aromatic heterocycles. The highest BCUT2D eigenvalue weighted by Gasteiger charge is 2.13. The number of anilines is 1. The Morgan fingerprint density at radius 3 is 2.67 bits per heavy atom. The first-order valence-corrected chi connectivity index (χ1v) is 6.38. The van der Waals surface area contributed by atoms with E-state index in [4.69, 9.17) is 5.73 Å². The summed E-state index contributed by atoms with van der Waals surface area (Å²) in [6, 6.07) is 0.576. The summed E-state index contributed by atoms with van der Waals surface area (Å²) in [6.45, 7) is 6.41. The lowest BCUT2D eigenvalue weighted by atomic mass is 10.2. The highest BCUT2D eigenvalue weighted by atomic mass is 32.1. The van der Waals surface area contributed by atoms with Gasteiger partial charge in [-0.1, -0.05) is 13.3 Å². The van der Waals surface area contributed by atoms with E-state index < -0.39 is 0 Å². The topological polar surface area (TPSA) is 42.2 Å². The number of hydrogen-bond acceptors (Lipinski definition) is 4. The van der Waals surface area contributed by atoms with Gasteiger partial charge in [-0.25, -0.2) is 4.98 Å². The number of nitrogens with zero attached hydrogens (tertiary/aromatic N) is 2. The van der Waals surface area contributed by atoms with E-state index in [2.05, 4.69) is 36.2 Å². The summed E-state index contributed by atoms with van der Waals surface area (Å²) in [6.07, 6.45) is 2.40. The zero-order valence-corrected chi connectivity index (χ0v) is 10.8. The molecule has 0 aliphatic rings. The van der Waals surface area contributed by atoms with Crippen LogP contribution in [0.5, 0.6) is 0 Å². The first kappa shape index (κ1) is 12.5. The van der Waals surface area contributed by atoms with Crippen molar-refractivity contribution in [2.45, 2.75) is 45.7 Å². The van der Waals surface area contributed by atoms with Gasteiger partial charge in [0.15, 0.2) is 5.13 Å². The summed E-state index contributed by atoms with van der Waals surface area (Å²) in [4.78, 5) is 6.77. The van der Waals surface area contributed by atoms with Gasteiger partial charge in [-0.05, 0) is 20.3 Å². The Labute approximate surface area is 96.3 Å². The van der Waals surface area contributed by atoms with Gasteiger partial charge in [0.05, 0.1) is 5.69 Å². The minimum absolute atomic E-state index is 0.0323. The Morgan fingerprint density at radius 2 is 2.20 bits per heavy atom. The van der Waals surface area contributed by atoms with Crippen LogP contribution in [0.25, 0.3) is 0 Å². The molecule has 0 bridgehead atoms. The maximum Gasteiger partial charge on any atom is 0.185 e. The summed E-state index contributed by atoms with van der Waals surface area (Å²) < 4.78 is 0. The van der Waals surface area contributed by atoms with Crippen molar-refractivity contribution in [3.8, 4) is 0 Å². The van der Waals surface area contributed by atoms with Crippen molar-refractivity contribution in [2.24, 2.45) is 5.73 Å². The Kier molecular flexibility index (Phi) is 4.54. The number of rotatable bonds is 5. The first-order chi connectivity index (χ1) is 7.06. The average Bonchev–Trinajstić information content (AvgIpc) is 2.65. The Morgan fingerprint density at radius 1 is 1.53 bits per heavy atom. The maximum absolute atomic E-state index is 5.79. The summed E-state index contributed by atoms with van der Waals surface area (Å²) in [7, 11) is 2.10. The van der Waals surface area contributed by atoms with Gasteiger partial charge < -0.3 is 10.6 Å². The molecule has 0 radical (unpaired) electrons. The second-order valence-electron chi connectivity index (χ2n) is 4.09. The van der Waals surface area contributed by atoms with Crippen molar-refractivity contribution in [1.29, 1.82) is 0 Å². The van der Waals surface area contributed by atoms with Crippen LogP contribution in [0.2, 0.25) is 0 Å². The van der Waals surface area contributed by atoms with Gasteiger partial charge >= 0.3 is 0 Å². The Balaban J connectivity index is 2.69. The largest absolute Gasteiger partial charge is 0.348 e. The normalized spacial score (nSPS) is 15.0. The highest BCUT2D eigenvalue weighted by molar-refractivity contribution is 7.13. The molecule has 0 fully saturated rings. The van der Waals surface area contributed by atoms with Gasteiger partial charge in [0.25, 0.3) is 0 Å². The minimum atomic E-state index is 0.0323. The number of nitrogens with two attached hydrogens (primary N) is 1. The summed E-state index contributed by atoms with van der Waals surface area (Å²) >= 11 is 1.67. The first-order valence-electron chi connectivity index (χ1n) is 5.50. The van der Waals surface area contributed by atoms with E-state index in [0.29, 0.717) is 6.04 Å². The molecular weight excluding hydrogens is 206 g/mol. The molecule has 0 aliphatic carbocycles. The fourth-order valence-corrected chi connectivity index (χ4v) is 2.45. The van der Waals surface area contributed by atoms with Crippen molar-refractivity contribution in [3.05, 3.63) is 11.1 Å². The number of aromatic nitrogens is 1. The predicted octanol–water partition coefficient (Wildman–Crippen LogP) is 2.79. The van der Waals surface area contributed by atoms with Gasteiger partial charge in [-0.15, -0.1) is 11.3 Å². The van der Waals surface area contributed by atoms with Crippen molar-refractivity contribution < 1.29 is 0 Å². The van der Waals surface area contributed by atoms with E-state index in [1.165, 1.54) is 12.8 Å². The van der Waals surface area contributed by atoms with Crippen LogP contribution >= 0.6 is 11.3 Å². The molecule has 0 spiro atoms. The molecular formula is C11H21N3S. The Bertz CT molecular complexity index is 296. The smallest absolute Gasteiger partial charge is 0.185 e. The molecule has 0 aliphatic heterocycles. The number of hydrogen-bond donors (Lipinski definition) is 1. The molecule has 0 amide bonds. The predicted molar refractivity (Wildman–Crippen MR) is 67.5 cm³/mol. The summed E-state index contributed by atoms with van der Waals surface area (Å²) in [5, 5.41) is 3.12. The summed E-state index contributed by atoms with van der Waals surface area (Å²) in [5.74, 6) is 0. The molecule has 4 heteroatoms. The van der Waals surface area contributed by atoms with Crippen LogP contribution in [0.15, 0.2) is 5.38 Å². The fourth-order valence-electron chi connectivity index (χ4n) is 1.45. The molecule has 15 heavy (non-hydrogen) atoms. The van der Waals surface area contributed by atoms with Gasteiger partial charge in [0.1, 0.15) is 0 Å². The van der Waals surface area contributed by atoms with Gasteiger partial charge in [-0.2, -0.15) is 0 Å². The van der Waals surface area contributed by atoms with Crippen molar-refractivity contribution >= 4 is 16.5 Å². The van der Waals surface area contributed by atoms with Crippen LogP contribution in [0.4, 0.5) is 5.13 Å². The van der Waals surface area contributed by atoms with E-state index in [9.17, 15) is 0 Å². The van der Waals surface area contributed by atoms with Crippen molar-refractivity contribution in [1.82, 2.24) is 4.98 Å². The highest BCUT2D eigenvalue weighted by Crippen LogP contribution is 2.24. The zero-order chi connectivity index (χ0) is 11.4. The monoisotopic (exact) mass is 227 g/mol. The second-order valence-corrected chi connectivity index (χ2v) is 4.93. The van der Waals surface area contributed by atoms with Gasteiger partial charge in [-0.3, -0.25) is 0 Å². The standard InChI is InChI=1S/C11H21N3S/c1-5-6-8(2)14(4)11-13-10(7-15-11)9(3)12/h7-9H,5-6,12H2,1-4H3. The molecule has 2 atom stereocenters. The van der Waals surface area contributed by atoms with Crippen LogP contribution < -0.4 is 10.6 Å². The Hall–Kier alpha value is -0.610. The van der Waals surface area contributed by atoms with Crippen LogP contribution in [-0.2, 0) is 0 Å². The molecule has 86 valence electrons. The number of thiazole rings is 1. The third kappa shape index (κ3) is 3.18. The molecule has 1 aromatic rings. The quantitative estimate of drug-likeness (QED) is 0.841. The molecule has 3 nitrogen and oxygen atoms in total. The maximum atomic E-state index is 5.79. The average molecular weight is 227 g/mol. The van der Waals surface area contributed by atoms with Crippen molar-refractivity contribution in [2.75, 3.05) is 11.9 Å². The zero-order valence-electron chi connectivity index (χ0n) is 10.0. The lowest BCUT2D eigenvalue weighted by molar-refractivity contribution is 0.613. The lowest BCUT2D eigenvalue weighted by Crippen LogP contribution is -2.28.